The van der Waals surface area contributed by atoms with Crippen LogP contribution < -0.4 is 0 Å². The fourth-order valence-electron chi connectivity index (χ4n) is 2.53. The maximum Gasteiger partial charge on any atom is 0.326 e. The first kappa shape index (κ1) is 14.2. The van der Waals surface area contributed by atoms with Gasteiger partial charge in [0.05, 0.1) is 5.75 Å². The number of hydrogen-bond donors (Lipinski definition) is 1. The van der Waals surface area contributed by atoms with E-state index in [4.69, 9.17) is 5.11 Å². The van der Waals surface area contributed by atoms with E-state index in [0.29, 0.717) is 12.3 Å². The quantitative estimate of drug-likeness (QED) is 0.715. The Kier molecular flexibility index (Phi) is 3.80. The Bertz CT molecular complexity index is 487. The van der Waals surface area contributed by atoms with Crippen LogP contribution >= 0.6 is 0 Å². The molecule has 6 nitrogen and oxygen atoms in total. The normalized spacial score (nSPS) is 25.6. The monoisotopic (exact) mass is 293 g/mol. The van der Waals surface area contributed by atoms with Crippen molar-refractivity contribution >= 4 is 22.1 Å². The summed E-state index contributed by atoms with van der Waals surface area (Å²) < 4.78 is 33.8. The van der Waals surface area contributed by atoms with Gasteiger partial charge in [0, 0.05) is 18.9 Å². The fourth-order valence-corrected chi connectivity index (χ4v) is 3.32. The van der Waals surface area contributed by atoms with Crippen LogP contribution in [0.1, 0.15) is 25.7 Å². The number of likely N-dealkylation sites (tertiary alicyclic amines) is 1. The van der Waals surface area contributed by atoms with Gasteiger partial charge in [-0.05, 0) is 12.3 Å². The van der Waals surface area contributed by atoms with Gasteiger partial charge in [0.25, 0.3) is 0 Å². The van der Waals surface area contributed by atoms with E-state index in [2.05, 4.69) is 0 Å². The van der Waals surface area contributed by atoms with Gasteiger partial charge in [-0.3, -0.25) is 4.79 Å². The van der Waals surface area contributed by atoms with E-state index in [-0.39, 0.29) is 13.0 Å². The molecule has 2 fully saturated rings. The zero-order chi connectivity index (χ0) is 14.2. The molecule has 2 rings (SSSR count). The van der Waals surface area contributed by atoms with E-state index >= 15 is 0 Å². The Morgan fingerprint density at radius 2 is 2.05 bits per heavy atom. The minimum atomic E-state index is -4.64. The zero-order valence-electron chi connectivity index (χ0n) is 10.3. The maximum absolute atomic E-state index is 12.6. The molecule has 1 aliphatic carbocycles. The summed E-state index contributed by atoms with van der Waals surface area (Å²) in [7, 11) is -4.64. The number of aliphatic carboxylic acids is 1. The topological polar surface area (TPSA) is 91.8 Å². The van der Waals surface area contributed by atoms with Gasteiger partial charge in [0.2, 0.25) is 5.91 Å². The van der Waals surface area contributed by atoms with E-state index in [1.54, 1.807) is 0 Å². The van der Waals surface area contributed by atoms with E-state index in [9.17, 15) is 21.9 Å². The summed E-state index contributed by atoms with van der Waals surface area (Å²) in [4.78, 5) is 24.2. The van der Waals surface area contributed by atoms with Crippen LogP contribution in [0.3, 0.4) is 0 Å². The van der Waals surface area contributed by atoms with Crippen LogP contribution in [-0.2, 0) is 19.8 Å². The van der Waals surface area contributed by atoms with Crippen molar-refractivity contribution in [2.45, 2.75) is 31.7 Å². The minimum Gasteiger partial charge on any atom is -0.480 e. The molecule has 108 valence electrons. The molecule has 1 N–H and O–H groups in total. The summed E-state index contributed by atoms with van der Waals surface area (Å²) in [6, 6.07) is -0.910. The van der Waals surface area contributed by atoms with Crippen molar-refractivity contribution in [1.29, 1.82) is 0 Å². The number of halogens is 1. The maximum atomic E-state index is 12.6. The summed E-state index contributed by atoms with van der Waals surface area (Å²) in [5.41, 5.74) is 0. The second kappa shape index (κ2) is 5.07. The van der Waals surface area contributed by atoms with Gasteiger partial charge in [-0.25, -0.2) is 4.79 Å². The molecule has 1 amide bonds. The van der Waals surface area contributed by atoms with E-state index in [1.807, 2.05) is 0 Å². The van der Waals surface area contributed by atoms with Gasteiger partial charge in [-0.1, -0.05) is 12.8 Å². The van der Waals surface area contributed by atoms with E-state index < -0.39 is 39.8 Å². The molecular formula is C11H16FNO5S. The second-order valence-electron chi connectivity index (χ2n) is 5.35. The van der Waals surface area contributed by atoms with Crippen molar-refractivity contribution in [3.63, 3.8) is 0 Å². The van der Waals surface area contributed by atoms with Crippen molar-refractivity contribution in [3.8, 4) is 0 Å². The molecule has 0 aromatic carbocycles. The lowest BCUT2D eigenvalue weighted by atomic mass is 10.1. The average Bonchev–Trinajstić information content (AvgIpc) is 2.98. The Hall–Kier alpha value is -1.18. The Morgan fingerprint density at radius 3 is 2.53 bits per heavy atom. The first-order chi connectivity index (χ1) is 8.76. The minimum absolute atomic E-state index is 0.00562. The summed E-state index contributed by atoms with van der Waals surface area (Å²) in [5, 5.41) is 9.16. The van der Waals surface area contributed by atoms with Gasteiger partial charge >= 0.3 is 16.2 Å². The number of rotatable bonds is 6. The summed E-state index contributed by atoms with van der Waals surface area (Å²) in [6.07, 6.45) is 2.23. The lowest BCUT2D eigenvalue weighted by Gasteiger charge is -2.24. The van der Waals surface area contributed by atoms with Crippen LogP contribution in [0.15, 0.2) is 0 Å². The fraction of sp³-hybridized carbons (Fsp3) is 0.818. The Balaban J connectivity index is 2.02. The van der Waals surface area contributed by atoms with Gasteiger partial charge < -0.3 is 10.0 Å². The molecule has 0 spiro atoms. The molecule has 2 unspecified atom stereocenters. The number of amides is 1. The summed E-state index contributed by atoms with van der Waals surface area (Å²) in [5.74, 6) is -2.52. The smallest absolute Gasteiger partial charge is 0.326 e. The van der Waals surface area contributed by atoms with Crippen LogP contribution in [0.5, 0.6) is 0 Å². The number of carboxylic acid groups (broad SMARTS) is 1. The molecule has 1 aliphatic heterocycles. The molecule has 0 bridgehead atoms. The first-order valence-electron chi connectivity index (χ1n) is 6.21. The van der Waals surface area contributed by atoms with E-state index in [0.717, 1.165) is 12.8 Å². The highest BCUT2D eigenvalue weighted by Crippen LogP contribution is 2.36. The third-order valence-corrected chi connectivity index (χ3v) is 4.46. The van der Waals surface area contributed by atoms with Gasteiger partial charge in [0.1, 0.15) is 6.04 Å². The van der Waals surface area contributed by atoms with Crippen molar-refractivity contribution in [3.05, 3.63) is 0 Å². The molecular weight excluding hydrogens is 277 g/mol. The number of nitrogens with zero attached hydrogens (tertiary/aromatic N) is 1. The number of carboxylic acids is 1. The third-order valence-electron chi connectivity index (χ3n) is 3.59. The highest BCUT2D eigenvalue weighted by Gasteiger charge is 2.41. The predicted octanol–water partition coefficient (Wildman–Crippen LogP) is 0.388. The van der Waals surface area contributed by atoms with Crippen LogP contribution in [0, 0.1) is 11.8 Å². The van der Waals surface area contributed by atoms with Gasteiger partial charge in [-0.15, -0.1) is 3.89 Å². The van der Waals surface area contributed by atoms with Crippen molar-refractivity contribution in [1.82, 2.24) is 4.90 Å². The van der Waals surface area contributed by atoms with Gasteiger partial charge in [-0.2, -0.15) is 8.42 Å². The molecule has 8 heteroatoms. The van der Waals surface area contributed by atoms with Crippen LogP contribution in [0.4, 0.5) is 3.89 Å². The first-order valence-corrected chi connectivity index (χ1v) is 7.76. The SMILES string of the molecule is O=C(O)C(CC1CC1)N1CC(CS(=O)(=O)F)CC1=O. The molecule has 19 heavy (non-hydrogen) atoms. The summed E-state index contributed by atoms with van der Waals surface area (Å²) in [6.45, 7) is 0.00562. The number of carbonyl (C=O) groups is 2. The highest BCUT2D eigenvalue weighted by molar-refractivity contribution is 7.86. The molecule has 2 aliphatic rings. The largest absolute Gasteiger partial charge is 0.480 e. The van der Waals surface area contributed by atoms with Crippen molar-refractivity contribution < 1.29 is 27.0 Å². The van der Waals surface area contributed by atoms with Crippen LogP contribution in [-0.4, -0.2) is 48.6 Å². The number of hydrogen-bond acceptors (Lipinski definition) is 4. The lowest BCUT2D eigenvalue weighted by Crippen LogP contribution is -2.42. The number of carbonyl (C=O) groups excluding carboxylic acids is 1. The van der Waals surface area contributed by atoms with Crippen molar-refractivity contribution in [2.75, 3.05) is 12.3 Å². The molecule has 0 radical (unpaired) electrons. The second-order valence-corrected chi connectivity index (χ2v) is 6.77. The van der Waals surface area contributed by atoms with Crippen molar-refractivity contribution in [2.24, 2.45) is 11.8 Å². The van der Waals surface area contributed by atoms with E-state index in [1.165, 1.54) is 4.90 Å². The molecule has 1 heterocycles. The molecule has 1 saturated heterocycles. The molecule has 2 atom stereocenters. The molecule has 1 saturated carbocycles. The highest BCUT2D eigenvalue weighted by atomic mass is 32.3. The molecule has 0 aromatic rings. The van der Waals surface area contributed by atoms with Crippen LogP contribution in [0.25, 0.3) is 0 Å². The third kappa shape index (κ3) is 3.89. The zero-order valence-corrected chi connectivity index (χ0v) is 11.1. The lowest BCUT2D eigenvalue weighted by molar-refractivity contribution is -0.148. The predicted molar refractivity (Wildman–Crippen MR) is 63.5 cm³/mol. The Labute approximate surface area is 110 Å². The average molecular weight is 293 g/mol. The molecule has 0 aromatic heterocycles. The standard InChI is InChI=1S/C11H16FNO5S/c12-19(17,18)6-8-4-10(14)13(5-8)9(11(15)16)3-7-1-2-7/h7-9H,1-6H2,(H,15,16). The van der Waals surface area contributed by atoms with Gasteiger partial charge in [0.15, 0.2) is 0 Å². The Morgan fingerprint density at radius 1 is 1.42 bits per heavy atom. The van der Waals surface area contributed by atoms with Crippen LogP contribution in [0.2, 0.25) is 0 Å². The summed E-state index contributed by atoms with van der Waals surface area (Å²) >= 11 is 0.